The van der Waals surface area contributed by atoms with E-state index in [0.29, 0.717) is 23.7 Å². The van der Waals surface area contributed by atoms with Crippen molar-refractivity contribution in [1.82, 2.24) is 9.21 Å². The summed E-state index contributed by atoms with van der Waals surface area (Å²) in [7, 11) is -1.02. The summed E-state index contributed by atoms with van der Waals surface area (Å²) in [6.45, 7) is -3.31. The minimum Gasteiger partial charge on any atom is -0.870 e. The molecule has 12 nitrogen and oxygen atoms in total. The summed E-state index contributed by atoms with van der Waals surface area (Å²) in [5.41, 5.74) is 0.983. The number of H-pyrrole nitrogens is 1. The molecule has 2 fully saturated rings. The molecular weight excluding hydrogens is 711 g/mol. The number of alkyl halides is 2. The Morgan fingerprint density at radius 3 is 2.45 bits per heavy atom. The summed E-state index contributed by atoms with van der Waals surface area (Å²) in [5, 5.41) is 0.514. The normalized spacial score (nSPS) is 17.2. The van der Waals surface area contributed by atoms with Gasteiger partial charge in [0.15, 0.2) is 30.0 Å². The summed E-state index contributed by atoms with van der Waals surface area (Å²) in [6, 6.07) is 9.85. The van der Waals surface area contributed by atoms with Crippen LogP contribution in [0.5, 0.6) is 11.5 Å². The van der Waals surface area contributed by atoms with Gasteiger partial charge in [-0.15, -0.1) is 0 Å². The third-order valence-corrected chi connectivity index (χ3v) is 10.3. The molecule has 1 saturated carbocycles. The molecule has 0 radical (unpaired) electrons. The number of ether oxygens (including phenoxy) is 4. The van der Waals surface area contributed by atoms with Crippen molar-refractivity contribution in [3.05, 3.63) is 81.6 Å². The van der Waals surface area contributed by atoms with E-state index in [1.165, 1.54) is 59.8 Å². The molecule has 0 spiro atoms. The molecule has 2 aliphatic rings. The number of nitrogens with zero attached hydrogens (tertiary/aromatic N) is 2. The number of carbonyl (C=O) groups is 2. The number of morpholine rings is 1. The molecule has 2 heterocycles. The highest BCUT2D eigenvalue weighted by Gasteiger charge is 2.37. The molecule has 2 aromatic carbocycles. The smallest absolute Gasteiger partial charge is 0.387 e. The van der Waals surface area contributed by atoms with Gasteiger partial charge in [-0.1, -0.05) is 35.3 Å². The van der Waals surface area contributed by atoms with Crippen LogP contribution in [0.4, 0.5) is 8.78 Å². The molecule has 0 unspecified atom stereocenters. The fourth-order valence-electron chi connectivity index (χ4n) is 5.01. The van der Waals surface area contributed by atoms with Crippen LogP contribution in [0.2, 0.25) is 10.0 Å². The molecule has 2 N–H and O–H groups in total. The zero-order chi connectivity index (χ0) is 34.6. The van der Waals surface area contributed by atoms with Crippen LogP contribution in [0.15, 0.2) is 59.8 Å². The Labute approximate surface area is 292 Å². The van der Waals surface area contributed by atoms with Gasteiger partial charge in [0.1, 0.15) is 16.1 Å². The van der Waals surface area contributed by atoms with E-state index < -0.39 is 34.8 Å². The number of carbonyl (C=O) groups excluding carboxylic acids is 2. The van der Waals surface area contributed by atoms with Crippen LogP contribution < -0.4 is 14.5 Å². The van der Waals surface area contributed by atoms with Crippen molar-refractivity contribution in [3.8, 4) is 11.5 Å². The van der Waals surface area contributed by atoms with E-state index in [1.54, 1.807) is 14.1 Å². The first kappa shape index (κ1) is 38.2. The molecule has 49 heavy (non-hydrogen) atoms. The quantitative estimate of drug-likeness (QED) is 0.228. The van der Waals surface area contributed by atoms with Crippen LogP contribution in [-0.2, 0) is 30.7 Å². The summed E-state index contributed by atoms with van der Waals surface area (Å²) in [5.74, 6) is -1.08. The van der Waals surface area contributed by atoms with Gasteiger partial charge in [-0.3, -0.25) is 4.79 Å². The van der Waals surface area contributed by atoms with Crippen LogP contribution >= 0.6 is 23.2 Å². The molecule has 1 aliphatic carbocycles. The first-order valence-electron chi connectivity index (χ1n) is 15.0. The molecular formula is C32H35Cl2F2N3O9S. The topological polar surface area (TPSA) is 156 Å². The summed E-state index contributed by atoms with van der Waals surface area (Å²) >= 11 is 12.8. The first-order valence-corrected chi connectivity index (χ1v) is 17.2. The molecule has 266 valence electrons. The second-order valence-corrected chi connectivity index (χ2v) is 14.3. The first-order chi connectivity index (χ1) is 22.8. The Kier molecular flexibility index (Phi) is 12.8. The van der Waals surface area contributed by atoms with Gasteiger partial charge in [0.2, 0.25) is 10.0 Å². The van der Waals surface area contributed by atoms with Gasteiger partial charge in [-0.05, 0) is 54.7 Å². The van der Waals surface area contributed by atoms with Gasteiger partial charge in [-0.25, -0.2) is 18.2 Å². The highest BCUT2D eigenvalue weighted by molar-refractivity contribution is 7.89. The largest absolute Gasteiger partial charge is 0.870 e. The maximum absolute atomic E-state index is 13.6. The third-order valence-electron chi connectivity index (χ3n) is 7.79. The van der Waals surface area contributed by atoms with Gasteiger partial charge in [0.05, 0.1) is 24.7 Å². The lowest BCUT2D eigenvalue weighted by Crippen LogP contribution is -2.49. The van der Waals surface area contributed by atoms with Crippen LogP contribution in [0, 0.1) is 5.92 Å². The summed E-state index contributed by atoms with van der Waals surface area (Å²) in [4.78, 5) is 30.1. The van der Waals surface area contributed by atoms with Gasteiger partial charge in [0, 0.05) is 38.2 Å². The number of benzene rings is 2. The number of pyridine rings is 1. The SMILES string of the molecule is CN(C)C(=O)c1cccc(S(=O)(=O)N2CCO[C@@H](C(=O)O[C@@H](Cc3c(Cl)c[nH+]cc3Cl)c3ccc(OC(F)F)c(OCC4CC4)c3)C2)c1.[OH-]. The maximum Gasteiger partial charge on any atom is 0.387 e. The Morgan fingerprint density at radius 1 is 1.08 bits per heavy atom. The van der Waals surface area contributed by atoms with Crippen molar-refractivity contribution in [3.63, 3.8) is 0 Å². The van der Waals surface area contributed by atoms with E-state index in [2.05, 4.69) is 9.72 Å². The minimum absolute atomic E-state index is 0. The Morgan fingerprint density at radius 2 is 1.80 bits per heavy atom. The lowest BCUT2D eigenvalue weighted by Gasteiger charge is -2.32. The number of hydrogen-bond acceptors (Lipinski definition) is 9. The average molecular weight is 747 g/mol. The number of hydrogen-bond donors (Lipinski definition) is 0. The fraction of sp³-hybridized carbons (Fsp3) is 0.406. The molecule has 1 amide bonds. The van der Waals surface area contributed by atoms with Crippen molar-refractivity contribution < 1.29 is 56.2 Å². The number of sulfonamides is 1. The molecule has 3 aromatic rings. The van der Waals surface area contributed by atoms with Crippen LogP contribution in [0.3, 0.4) is 0 Å². The fourth-order valence-corrected chi connectivity index (χ4v) is 7.01. The maximum atomic E-state index is 13.6. The van der Waals surface area contributed by atoms with E-state index in [9.17, 15) is 26.8 Å². The predicted molar refractivity (Wildman–Crippen MR) is 172 cm³/mol. The lowest BCUT2D eigenvalue weighted by molar-refractivity contribution is -0.377. The van der Waals surface area contributed by atoms with Crippen molar-refractivity contribution in [2.45, 2.75) is 43.0 Å². The number of halogens is 4. The van der Waals surface area contributed by atoms with E-state index in [-0.39, 0.29) is 69.5 Å². The van der Waals surface area contributed by atoms with Crippen molar-refractivity contribution in [2.24, 2.45) is 5.92 Å². The predicted octanol–water partition coefficient (Wildman–Crippen LogP) is 4.64. The molecule has 0 bridgehead atoms. The number of aromatic nitrogens is 1. The number of rotatable bonds is 13. The van der Waals surface area contributed by atoms with Gasteiger partial charge < -0.3 is 29.3 Å². The number of amides is 1. The molecule has 1 aromatic heterocycles. The van der Waals surface area contributed by atoms with Gasteiger partial charge >= 0.3 is 12.6 Å². The third kappa shape index (κ3) is 9.55. The van der Waals surface area contributed by atoms with Crippen molar-refractivity contribution in [2.75, 3.05) is 40.4 Å². The van der Waals surface area contributed by atoms with E-state index in [0.717, 1.165) is 17.1 Å². The Bertz CT molecular complexity index is 1740. The molecule has 2 atom stereocenters. The molecule has 1 saturated heterocycles. The van der Waals surface area contributed by atoms with Gasteiger partial charge in [0.25, 0.3) is 5.91 Å². The zero-order valence-electron chi connectivity index (χ0n) is 26.5. The second-order valence-electron chi connectivity index (χ2n) is 11.5. The molecule has 17 heteroatoms. The monoisotopic (exact) mass is 745 g/mol. The molecule has 5 rings (SSSR count). The van der Waals surface area contributed by atoms with Crippen LogP contribution in [0.1, 0.15) is 40.4 Å². The van der Waals surface area contributed by atoms with Crippen molar-refractivity contribution in [1.29, 1.82) is 0 Å². The van der Waals surface area contributed by atoms with Crippen molar-refractivity contribution >= 4 is 45.1 Å². The highest BCUT2D eigenvalue weighted by Crippen LogP contribution is 2.38. The van der Waals surface area contributed by atoms with Crippen LogP contribution in [0.25, 0.3) is 0 Å². The van der Waals surface area contributed by atoms with Crippen LogP contribution in [-0.4, -0.2) is 88.1 Å². The highest BCUT2D eigenvalue weighted by atomic mass is 35.5. The minimum atomic E-state index is -4.13. The number of esters is 1. The standard InChI is InChI=1S/C32H33Cl2F2N3O8S.H2O/c1-38(2)30(40)21-4-3-5-22(12-21)48(42,43)39-10-11-44-29(17-39)31(41)46-27(14-23-24(33)15-37-16-25(23)34)20-8-9-26(47-32(35)36)28(13-20)45-18-19-6-7-19;/h3-5,8-9,12-13,15-16,19,27,29,32H,6-7,10-11,14,17-18H2,1-2H3;1H2/t27-,29+;/m0./s1. The Balaban J connectivity index is 0.00000541. The van der Waals surface area contributed by atoms with Gasteiger partial charge in [-0.2, -0.15) is 13.1 Å². The summed E-state index contributed by atoms with van der Waals surface area (Å²) in [6.07, 6.45) is 2.49. The lowest BCUT2D eigenvalue weighted by atomic mass is 10.0. The van der Waals surface area contributed by atoms with E-state index in [1.807, 2.05) is 0 Å². The summed E-state index contributed by atoms with van der Waals surface area (Å²) < 4.78 is 76.7. The number of nitrogens with one attached hydrogen (secondary N) is 1. The number of aromatic amines is 1. The second kappa shape index (κ2) is 16.4. The van der Waals surface area contributed by atoms with E-state index >= 15 is 0 Å². The zero-order valence-corrected chi connectivity index (χ0v) is 28.8. The average Bonchev–Trinajstić information content (AvgIpc) is 3.89. The van der Waals surface area contributed by atoms with E-state index in [4.69, 9.17) is 37.4 Å². The molecule has 1 aliphatic heterocycles. The Hall–Kier alpha value is -3.60.